The van der Waals surface area contributed by atoms with E-state index in [1.165, 1.54) is 28.4 Å². The lowest BCUT2D eigenvalue weighted by molar-refractivity contribution is -0.128. The van der Waals surface area contributed by atoms with Crippen molar-refractivity contribution in [3.8, 4) is 16.5 Å². The third-order valence-corrected chi connectivity index (χ3v) is 9.28. The van der Waals surface area contributed by atoms with Gasteiger partial charge in [-0.3, -0.25) is 19.0 Å². The van der Waals surface area contributed by atoms with Gasteiger partial charge in [0, 0.05) is 24.9 Å². The highest BCUT2D eigenvalue weighted by Gasteiger charge is 2.36. The van der Waals surface area contributed by atoms with Crippen molar-refractivity contribution in [1.82, 2.24) is 19.4 Å². The van der Waals surface area contributed by atoms with Crippen LogP contribution in [0.1, 0.15) is 63.7 Å². The van der Waals surface area contributed by atoms with Crippen LogP contribution in [0.25, 0.3) is 21.0 Å². The number of aryl methyl sites for hydroxylation is 1. The molecule has 1 atom stereocenters. The Kier molecular flexibility index (Phi) is 8.70. The molecule has 1 aliphatic rings. The van der Waals surface area contributed by atoms with E-state index in [0.29, 0.717) is 64.5 Å². The maximum Gasteiger partial charge on any atom is 0.333 e. The standard InChI is InChI=1S/C31H36N4O7S/c1-6-32-29(38)31(3,4)35-27(37)24-18(2)25(26-33-15-16-41-26)43-28(24)34(30(35)39)17-23(21-9-7-8-10-22(21)40-5)42-20-13-11-19(36)12-14-20/h7-10,15-16,20,23H,6,11-14,17H2,1-5H3,(H,32,38)/t23-/m0/s1. The van der Waals surface area contributed by atoms with Crippen molar-refractivity contribution in [1.29, 1.82) is 0 Å². The summed E-state index contributed by atoms with van der Waals surface area (Å²) in [5.74, 6) is 0.670. The second-order valence-electron chi connectivity index (χ2n) is 11.1. The fraction of sp³-hybridized carbons (Fsp3) is 0.452. The van der Waals surface area contributed by atoms with Crippen molar-refractivity contribution in [3.05, 3.63) is 68.7 Å². The number of hydrogen-bond acceptors (Lipinski definition) is 9. The summed E-state index contributed by atoms with van der Waals surface area (Å²) >= 11 is 1.23. The van der Waals surface area contributed by atoms with Gasteiger partial charge in [-0.05, 0) is 52.2 Å². The number of likely N-dealkylation sites (N-methyl/N-ethyl adjacent to an activating group) is 1. The Morgan fingerprint density at radius 1 is 1.21 bits per heavy atom. The van der Waals surface area contributed by atoms with Gasteiger partial charge in [-0.1, -0.05) is 18.2 Å². The molecule has 1 aromatic carbocycles. The Morgan fingerprint density at radius 3 is 2.58 bits per heavy atom. The number of aromatic nitrogens is 3. The zero-order valence-corrected chi connectivity index (χ0v) is 25.8. The highest BCUT2D eigenvalue weighted by atomic mass is 32.1. The number of oxazole rings is 1. The van der Waals surface area contributed by atoms with Crippen molar-refractivity contribution in [3.63, 3.8) is 0 Å². The number of hydrogen-bond donors (Lipinski definition) is 1. The number of nitrogens with zero attached hydrogens (tertiary/aromatic N) is 3. The van der Waals surface area contributed by atoms with Gasteiger partial charge in [0.2, 0.25) is 11.8 Å². The normalized spacial score (nSPS) is 15.1. The van der Waals surface area contributed by atoms with E-state index in [2.05, 4.69) is 10.3 Å². The van der Waals surface area contributed by atoms with Crippen LogP contribution >= 0.6 is 11.3 Å². The van der Waals surface area contributed by atoms with Crippen LogP contribution in [0.15, 0.2) is 50.7 Å². The quantitative estimate of drug-likeness (QED) is 0.281. The van der Waals surface area contributed by atoms with Crippen LogP contribution < -0.4 is 21.3 Å². The Morgan fingerprint density at radius 2 is 1.93 bits per heavy atom. The lowest BCUT2D eigenvalue weighted by Crippen LogP contribution is -2.55. The van der Waals surface area contributed by atoms with Crippen LogP contribution in [0.5, 0.6) is 5.75 Å². The van der Waals surface area contributed by atoms with Crippen molar-refractivity contribution in [2.45, 2.75) is 77.7 Å². The maximum atomic E-state index is 14.4. The van der Waals surface area contributed by atoms with Crippen LogP contribution in [0.4, 0.5) is 0 Å². The average molecular weight is 609 g/mol. The molecule has 3 heterocycles. The first kappa shape index (κ1) is 30.4. The molecule has 228 valence electrons. The fourth-order valence-corrected chi connectivity index (χ4v) is 6.85. The van der Waals surface area contributed by atoms with Crippen molar-refractivity contribution in [2.24, 2.45) is 0 Å². The van der Waals surface area contributed by atoms with E-state index in [9.17, 15) is 19.2 Å². The van der Waals surface area contributed by atoms with Gasteiger partial charge in [-0.25, -0.2) is 14.3 Å². The molecule has 0 spiro atoms. The third kappa shape index (κ3) is 5.68. The van der Waals surface area contributed by atoms with E-state index in [4.69, 9.17) is 13.9 Å². The zero-order chi connectivity index (χ0) is 30.9. The molecule has 43 heavy (non-hydrogen) atoms. The number of carbonyl (C=O) groups excluding carboxylic acids is 2. The molecule has 1 aliphatic carbocycles. The van der Waals surface area contributed by atoms with Crippen LogP contribution in [0.2, 0.25) is 0 Å². The number of fused-ring (bicyclic) bond motifs is 1. The summed E-state index contributed by atoms with van der Waals surface area (Å²) in [6, 6.07) is 7.42. The van der Waals surface area contributed by atoms with Gasteiger partial charge < -0.3 is 19.2 Å². The SMILES string of the molecule is CCNC(=O)C(C)(C)n1c(=O)c2c(C)c(-c3ncco3)sc2n(C[C@H](OC2CCC(=O)CC2)c2ccccc2OC)c1=O. The predicted molar refractivity (Wildman–Crippen MR) is 163 cm³/mol. The number of carbonyl (C=O) groups is 2. The molecule has 5 rings (SSSR count). The van der Waals surface area contributed by atoms with E-state index >= 15 is 0 Å². The van der Waals surface area contributed by atoms with E-state index in [1.807, 2.05) is 24.3 Å². The van der Waals surface area contributed by atoms with Crippen LogP contribution in [-0.2, 0) is 26.4 Å². The maximum absolute atomic E-state index is 14.4. The molecular formula is C31H36N4O7S. The summed E-state index contributed by atoms with van der Waals surface area (Å²) in [4.78, 5) is 59.0. The number of ether oxygens (including phenoxy) is 2. The van der Waals surface area contributed by atoms with Gasteiger partial charge in [0.25, 0.3) is 5.56 Å². The molecule has 1 N–H and O–H groups in total. The minimum absolute atomic E-state index is 0.0247. The van der Waals surface area contributed by atoms with Gasteiger partial charge in [-0.2, -0.15) is 0 Å². The largest absolute Gasteiger partial charge is 0.496 e. The predicted octanol–water partition coefficient (Wildman–Crippen LogP) is 4.34. The first-order valence-electron chi connectivity index (χ1n) is 14.4. The van der Waals surface area contributed by atoms with Gasteiger partial charge in [-0.15, -0.1) is 11.3 Å². The molecule has 0 unspecified atom stereocenters. The Bertz CT molecular complexity index is 1760. The monoisotopic (exact) mass is 608 g/mol. The van der Waals surface area contributed by atoms with Crippen molar-refractivity contribution in [2.75, 3.05) is 13.7 Å². The van der Waals surface area contributed by atoms with E-state index in [0.717, 1.165) is 10.1 Å². The topological polar surface area (TPSA) is 135 Å². The van der Waals surface area contributed by atoms with Gasteiger partial charge in [0.05, 0.1) is 36.2 Å². The second-order valence-corrected chi connectivity index (χ2v) is 12.1. The summed E-state index contributed by atoms with van der Waals surface area (Å²) in [6.45, 7) is 7.04. The van der Waals surface area contributed by atoms with Crippen LogP contribution in [-0.4, -0.2) is 45.6 Å². The number of nitrogens with one attached hydrogen (secondary N) is 1. The van der Waals surface area contributed by atoms with Gasteiger partial charge in [0.1, 0.15) is 34.3 Å². The number of Topliss-reactive ketones (excluding diaryl/α,β-unsaturated/α-hetero) is 1. The van der Waals surface area contributed by atoms with Crippen LogP contribution in [0, 0.1) is 6.92 Å². The average Bonchev–Trinajstić information content (AvgIpc) is 3.64. The molecule has 0 radical (unpaired) electrons. The zero-order valence-electron chi connectivity index (χ0n) is 25.0. The number of amides is 1. The highest BCUT2D eigenvalue weighted by Crippen LogP contribution is 2.38. The highest BCUT2D eigenvalue weighted by molar-refractivity contribution is 7.22. The summed E-state index contributed by atoms with van der Waals surface area (Å²) in [5, 5.41) is 3.05. The first-order valence-corrected chi connectivity index (χ1v) is 15.2. The molecule has 11 nitrogen and oxygen atoms in total. The number of ketones is 1. The molecule has 0 bridgehead atoms. The Balaban J connectivity index is 1.74. The molecule has 1 amide bonds. The molecular weight excluding hydrogens is 572 g/mol. The number of thiophene rings is 1. The molecule has 1 saturated carbocycles. The van der Waals surface area contributed by atoms with Gasteiger partial charge in [0.15, 0.2) is 0 Å². The Labute approximate surface area is 252 Å². The summed E-state index contributed by atoms with van der Waals surface area (Å²) in [7, 11) is 1.57. The molecule has 12 heteroatoms. The lowest BCUT2D eigenvalue weighted by atomic mass is 9.96. The number of benzene rings is 1. The Hall–Kier alpha value is -4.03. The van der Waals surface area contributed by atoms with Crippen molar-refractivity contribution >= 4 is 33.2 Å². The third-order valence-electron chi connectivity index (χ3n) is 7.97. The number of rotatable bonds is 10. The molecule has 0 saturated heterocycles. The lowest BCUT2D eigenvalue weighted by Gasteiger charge is -2.30. The summed E-state index contributed by atoms with van der Waals surface area (Å²) in [5.41, 5.74) is -1.38. The first-order chi connectivity index (χ1) is 20.6. The smallest absolute Gasteiger partial charge is 0.333 e. The second kappa shape index (κ2) is 12.3. The summed E-state index contributed by atoms with van der Waals surface area (Å²) < 4.78 is 20.4. The van der Waals surface area contributed by atoms with E-state index in [1.54, 1.807) is 34.8 Å². The van der Waals surface area contributed by atoms with Crippen molar-refractivity contribution < 1.29 is 23.5 Å². The molecule has 4 aromatic rings. The minimum atomic E-state index is -1.50. The summed E-state index contributed by atoms with van der Waals surface area (Å²) in [6.07, 6.45) is 4.11. The molecule has 1 fully saturated rings. The molecule has 3 aromatic heterocycles. The minimum Gasteiger partial charge on any atom is -0.496 e. The fourth-order valence-electron chi connectivity index (χ4n) is 5.61. The van der Waals surface area contributed by atoms with Gasteiger partial charge >= 0.3 is 5.69 Å². The van der Waals surface area contributed by atoms with E-state index < -0.39 is 28.8 Å². The number of methoxy groups -OCH3 is 1. The van der Waals surface area contributed by atoms with E-state index in [-0.39, 0.29) is 18.4 Å². The molecule has 0 aliphatic heterocycles. The van der Waals surface area contributed by atoms with Crippen LogP contribution in [0.3, 0.4) is 0 Å². The number of para-hydroxylation sites is 1.